The van der Waals surface area contributed by atoms with Crippen LogP contribution in [0.25, 0.3) is 0 Å². The van der Waals surface area contributed by atoms with Gasteiger partial charge in [0.25, 0.3) is 0 Å². The fraction of sp³-hybridized carbons (Fsp3) is 0.412. The number of nitrogens with one attached hydrogen (secondary N) is 2. The summed E-state index contributed by atoms with van der Waals surface area (Å²) in [6.45, 7) is 1.28. The molecule has 1 atom stereocenters. The largest absolute Gasteiger partial charge is 0.354 e. The molecule has 2 aromatic rings. The minimum Gasteiger partial charge on any atom is -0.354 e. The Morgan fingerprint density at radius 2 is 2.00 bits per heavy atom. The van der Waals surface area contributed by atoms with Gasteiger partial charge < -0.3 is 15.5 Å². The highest BCUT2D eigenvalue weighted by molar-refractivity contribution is 5.79. The molecule has 0 amide bonds. The number of benzene rings is 1. The number of guanidine groups is 1. The lowest BCUT2D eigenvalue weighted by Crippen LogP contribution is -2.41. The number of aliphatic imine (C=N–C) groups is 1. The van der Waals surface area contributed by atoms with Crippen molar-refractivity contribution in [3.63, 3.8) is 0 Å². The summed E-state index contributed by atoms with van der Waals surface area (Å²) in [6, 6.07) is 6.61. The summed E-state index contributed by atoms with van der Waals surface area (Å²) in [5.41, 5.74) is 2.14. The van der Waals surface area contributed by atoms with Crippen molar-refractivity contribution in [3.8, 4) is 0 Å². The Bertz CT molecular complexity index is 662. The summed E-state index contributed by atoms with van der Waals surface area (Å²) in [5.74, 6) is 0.474. The number of aromatic nitrogens is 2. The van der Waals surface area contributed by atoms with Gasteiger partial charge in [0, 0.05) is 38.9 Å². The predicted molar refractivity (Wildman–Crippen MR) is 94.2 cm³/mol. The van der Waals surface area contributed by atoms with E-state index in [1.807, 2.05) is 33.5 Å². The van der Waals surface area contributed by atoms with Gasteiger partial charge in [-0.3, -0.25) is 9.67 Å². The molecular weight excluding hydrogens is 307 g/mol. The summed E-state index contributed by atoms with van der Waals surface area (Å²) in [5, 5.41) is 10.8. The lowest BCUT2D eigenvalue weighted by Gasteiger charge is -2.24. The predicted octanol–water partition coefficient (Wildman–Crippen LogP) is 1.53. The molecule has 130 valence electrons. The molecule has 24 heavy (non-hydrogen) atoms. The van der Waals surface area contributed by atoms with Gasteiger partial charge in [-0.25, -0.2) is 4.39 Å². The third-order valence-corrected chi connectivity index (χ3v) is 3.79. The van der Waals surface area contributed by atoms with Gasteiger partial charge in [-0.1, -0.05) is 12.1 Å². The number of hydrogen-bond acceptors (Lipinski definition) is 3. The Morgan fingerprint density at radius 1 is 1.29 bits per heavy atom. The molecule has 6 nitrogen and oxygen atoms in total. The van der Waals surface area contributed by atoms with Crippen LogP contribution in [0.4, 0.5) is 4.39 Å². The van der Waals surface area contributed by atoms with Crippen molar-refractivity contribution in [2.24, 2.45) is 12.0 Å². The third-order valence-electron chi connectivity index (χ3n) is 3.79. The maximum absolute atomic E-state index is 12.9. The third kappa shape index (κ3) is 5.06. The molecule has 1 aromatic heterocycles. The fourth-order valence-corrected chi connectivity index (χ4v) is 2.41. The maximum atomic E-state index is 12.9. The maximum Gasteiger partial charge on any atom is 0.191 e. The Balaban J connectivity index is 1.90. The zero-order chi connectivity index (χ0) is 17.5. The van der Waals surface area contributed by atoms with Gasteiger partial charge in [-0.15, -0.1) is 0 Å². The molecule has 0 aliphatic carbocycles. The molecule has 2 rings (SSSR count). The monoisotopic (exact) mass is 332 g/mol. The van der Waals surface area contributed by atoms with Gasteiger partial charge in [0.15, 0.2) is 5.96 Å². The summed E-state index contributed by atoms with van der Waals surface area (Å²) in [7, 11) is 7.71. The number of likely N-dealkylation sites (N-methyl/N-ethyl adjacent to an activating group) is 1. The van der Waals surface area contributed by atoms with Crippen molar-refractivity contribution in [1.29, 1.82) is 0 Å². The molecule has 0 aliphatic rings. The Morgan fingerprint density at radius 3 is 2.54 bits per heavy atom. The lowest BCUT2D eigenvalue weighted by atomic mass is 10.1. The van der Waals surface area contributed by atoms with Crippen LogP contribution in [-0.4, -0.2) is 48.3 Å². The number of halogens is 1. The van der Waals surface area contributed by atoms with Crippen LogP contribution in [0.3, 0.4) is 0 Å². The van der Waals surface area contributed by atoms with Gasteiger partial charge in [-0.05, 0) is 31.8 Å². The van der Waals surface area contributed by atoms with Crippen molar-refractivity contribution in [2.45, 2.75) is 12.6 Å². The van der Waals surface area contributed by atoms with E-state index in [0.717, 1.165) is 11.1 Å². The second kappa shape index (κ2) is 8.44. The SMILES string of the molecule is CN=C(NCc1ccc(F)cc1)NCC(c1cnn(C)c1)N(C)C. The van der Waals surface area contributed by atoms with Crippen LogP contribution >= 0.6 is 0 Å². The van der Waals surface area contributed by atoms with Crippen LogP contribution in [0.1, 0.15) is 17.2 Å². The van der Waals surface area contributed by atoms with Crippen molar-refractivity contribution < 1.29 is 4.39 Å². The van der Waals surface area contributed by atoms with Crippen molar-refractivity contribution in [3.05, 3.63) is 53.6 Å². The topological polar surface area (TPSA) is 57.5 Å². The van der Waals surface area contributed by atoms with E-state index in [-0.39, 0.29) is 11.9 Å². The zero-order valence-electron chi connectivity index (χ0n) is 14.6. The van der Waals surface area contributed by atoms with Gasteiger partial charge >= 0.3 is 0 Å². The smallest absolute Gasteiger partial charge is 0.191 e. The van der Waals surface area contributed by atoms with E-state index in [4.69, 9.17) is 0 Å². The normalized spacial score (nSPS) is 13.2. The van der Waals surface area contributed by atoms with Crippen LogP contribution in [0.15, 0.2) is 41.7 Å². The fourth-order valence-electron chi connectivity index (χ4n) is 2.41. The first kappa shape index (κ1) is 17.9. The Kier molecular flexibility index (Phi) is 6.31. The number of hydrogen-bond donors (Lipinski definition) is 2. The second-order valence-corrected chi connectivity index (χ2v) is 5.86. The number of aryl methyl sites for hydroxylation is 1. The van der Waals surface area contributed by atoms with Crippen molar-refractivity contribution in [2.75, 3.05) is 27.7 Å². The molecule has 0 saturated heterocycles. The van der Waals surface area contributed by atoms with Crippen LogP contribution in [-0.2, 0) is 13.6 Å². The van der Waals surface area contributed by atoms with E-state index >= 15 is 0 Å². The first-order chi connectivity index (χ1) is 11.5. The van der Waals surface area contributed by atoms with Gasteiger partial charge in [0.1, 0.15) is 5.82 Å². The molecule has 0 radical (unpaired) electrons. The number of rotatable bonds is 6. The van der Waals surface area contributed by atoms with Gasteiger partial charge in [-0.2, -0.15) is 5.10 Å². The van der Waals surface area contributed by atoms with E-state index in [9.17, 15) is 4.39 Å². The van der Waals surface area contributed by atoms with Crippen LogP contribution < -0.4 is 10.6 Å². The first-order valence-electron chi connectivity index (χ1n) is 7.83. The molecule has 0 aliphatic heterocycles. The summed E-state index contributed by atoms with van der Waals surface area (Å²) < 4.78 is 14.7. The molecule has 1 aromatic carbocycles. The number of nitrogens with zero attached hydrogens (tertiary/aromatic N) is 4. The molecular formula is C17H25FN6. The van der Waals surface area contributed by atoms with E-state index in [0.29, 0.717) is 19.0 Å². The minimum absolute atomic E-state index is 0.183. The summed E-state index contributed by atoms with van der Waals surface area (Å²) >= 11 is 0. The van der Waals surface area contributed by atoms with Crippen molar-refractivity contribution in [1.82, 2.24) is 25.3 Å². The first-order valence-corrected chi connectivity index (χ1v) is 7.83. The standard InChI is InChI=1S/C17H25FN6/c1-19-17(20-9-13-5-7-15(18)8-6-13)21-11-16(23(2)3)14-10-22-24(4)12-14/h5-8,10,12,16H,9,11H2,1-4H3,(H2,19,20,21). The van der Waals surface area contributed by atoms with E-state index in [2.05, 4.69) is 25.6 Å². The van der Waals surface area contributed by atoms with Crippen LogP contribution in [0.5, 0.6) is 0 Å². The molecule has 7 heteroatoms. The average Bonchev–Trinajstić information content (AvgIpc) is 2.98. The van der Waals surface area contributed by atoms with Crippen LogP contribution in [0, 0.1) is 5.82 Å². The van der Waals surface area contributed by atoms with Gasteiger partial charge in [0.05, 0.1) is 12.2 Å². The highest BCUT2D eigenvalue weighted by Gasteiger charge is 2.16. The van der Waals surface area contributed by atoms with E-state index in [1.54, 1.807) is 23.9 Å². The summed E-state index contributed by atoms with van der Waals surface area (Å²) in [4.78, 5) is 6.37. The minimum atomic E-state index is -0.230. The molecule has 0 fully saturated rings. The zero-order valence-corrected chi connectivity index (χ0v) is 14.6. The highest BCUT2D eigenvalue weighted by Crippen LogP contribution is 2.16. The lowest BCUT2D eigenvalue weighted by molar-refractivity contribution is 0.298. The molecule has 2 N–H and O–H groups in total. The molecule has 1 heterocycles. The molecule has 1 unspecified atom stereocenters. The highest BCUT2D eigenvalue weighted by atomic mass is 19.1. The Hall–Kier alpha value is -2.41. The Labute approximate surface area is 142 Å². The van der Waals surface area contributed by atoms with E-state index in [1.165, 1.54) is 12.1 Å². The van der Waals surface area contributed by atoms with E-state index < -0.39 is 0 Å². The summed E-state index contributed by atoms with van der Waals surface area (Å²) in [6.07, 6.45) is 3.89. The quantitative estimate of drug-likeness (QED) is 0.622. The molecule has 0 bridgehead atoms. The van der Waals surface area contributed by atoms with Crippen LogP contribution in [0.2, 0.25) is 0 Å². The van der Waals surface area contributed by atoms with Crippen molar-refractivity contribution >= 4 is 5.96 Å². The molecule has 0 saturated carbocycles. The average molecular weight is 332 g/mol. The second-order valence-electron chi connectivity index (χ2n) is 5.86. The molecule has 0 spiro atoms. The van der Waals surface area contributed by atoms with Gasteiger partial charge in [0.2, 0.25) is 0 Å².